The number of carbonyl (C=O) groups excluding carboxylic acids is 2. The van der Waals surface area contributed by atoms with Gasteiger partial charge in [0.15, 0.2) is 0 Å². The number of hydrogen-bond acceptors (Lipinski definition) is 3. The maximum Gasteiger partial charge on any atom is 0.246 e. The molecule has 1 aromatic carbocycles. The lowest BCUT2D eigenvalue weighted by Crippen LogP contribution is -2.49. The van der Waals surface area contributed by atoms with Gasteiger partial charge in [-0.2, -0.15) is 0 Å². The largest absolute Gasteiger partial charge is 0.378 e. The predicted molar refractivity (Wildman–Crippen MR) is 111 cm³/mol. The van der Waals surface area contributed by atoms with Crippen LogP contribution in [0.2, 0.25) is 0 Å². The summed E-state index contributed by atoms with van der Waals surface area (Å²) in [6, 6.07) is 8.32. The van der Waals surface area contributed by atoms with Crippen LogP contribution in [0.3, 0.4) is 0 Å². The van der Waals surface area contributed by atoms with Gasteiger partial charge in [0.05, 0.1) is 19.1 Å². The first-order valence-corrected chi connectivity index (χ1v) is 10.3. The maximum atomic E-state index is 12.7. The molecule has 2 saturated heterocycles. The van der Waals surface area contributed by atoms with E-state index in [-0.39, 0.29) is 23.1 Å². The first kappa shape index (κ1) is 20.6. The highest BCUT2D eigenvalue weighted by molar-refractivity contribution is 5.92. The summed E-state index contributed by atoms with van der Waals surface area (Å²) in [7, 11) is 0. The number of nitrogens with zero attached hydrogens (tertiary/aromatic N) is 2. The van der Waals surface area contributed by atoms with E-state index in [1.165, 1.54) is 5.56 Å². The van der Waals surface area contributed by atoms with Crippen LogP contribution in [0.1, 0.15) is 44.7 Å². The van der Waals surface area contributed by atoms with Crippen molar-refractivity contribution in [2.24, 2.45) is 5.92 Å². The van der Waals surface area contributed by atoms with Crippen molar-refractivity contribution < 1.29 is 14.3 Å². The lowest BCUT2D eigenvalue weighted by Gasteiger charge is -2.35. The van der Waals surface area contributed by atoms with Crippen LogP contribution >= 0.6 is 0 Å². The van der Waals surface area contributed by atoms with Crippen molar-refractivity contribution in [3.05, 3.63) is 41.5 Å². The van der Waals surface area contributed by atoms with E-state index in [1.54, 1.807) is 6.08 Å². The molecule has 0 aromatic heterocycles. The highest BCUT2D eigenvalue weighted by Crippen LogP contribution is 2.23. The van der Waals surface area contributed by atoms with Crippen molar-refractivity contribution in [2.45, 2.75) is 39.0 Å². The summed E-state index contributed by atoms with van der Waals surface area (Å²) in [5.41, 5.74) is 2.41. The molecular weight excluding hydrogens is 352 g/mol. The van der Waals surface area contributed by atoms with E-state index < -0.39 is 0 Å². The van der Waals surface area contributed by atoms with Gasteiger partial charge in [-0.05, 0) is 35.5 Å². The second-order valence-electron chi connectivity index (χ2n) is 8.77. The van der Waals surface area contributed by atoms with E-state index in [0.29, 0.717) is 32.8 Å². The van der Waals surface area contributed by atoms with E-state index in [4.69, 9.17) is 4.74 Å². The fourth-order valence-corrected chi connectivity index (χ4v) is 3.79. The standard InChI is InChI=1S/C23H32N2O3/c1-23(2,3)20-9-6-18(7-10-20)8-11-21(26)25-12-4-5-19(17-25)22(27)24-13-15-28-16-14-24/h6-11,19H,4-5,12-17H2,1-3H3/b11-8+. The number of likely N-dealkylation sites (tertiary alicyclic amines) is 1. The van der Waals surface area contributed by atoms with Crippen LogP contribution in [0.25, 0.3) is 6.08 Å². The minimum Gasteiger partial charge on any atom is -0.378 e. The number of hydrogen-bond donors (Lipinski definition) is 0. The second kappa shape index (κ2) is 8.91. The number of rotatable bonds is 3. The molecule has 0 aliphatic carbocycles. The Balaban J connectivity index is 1.57. The summed E-state index contributed by atoms with van der Waals surface area (Å²) >= 11 is 0. The molecule has 5 nitrogen and oxygen atoms in total. The molecule has 2 heterocycles. The zero-order chi connectivity index (χ0) is 20.1. The van der Waals surface area contributed by atoms with Crippen molar-refractivity contribution in [1.82, 2.24) is 9.80 Å². The predicted octanol–water partition coefficient (Wildman–Crippen LogP) is 3.09. The van der Waals surface area contributed by atoms with E-state index in [9.17, 15) is 9.59 Å². The maximum absolute atomic E-state index is 12.7. The molecule has 5 heteroatoms. The molecule has 1 unspecified atom stereocenters. The second-order valence-corrected chi connectivity index (χ2v) is 8.77. The lowest BCUT2D eigenvalue weighted by atomic mass is 9.87. The number of benzene rings is 1. The van der Waals surface area contributed by atoms with Crippen molar-refractivity contribution in [3.63, 3.8) is 0 Å². The highest BCUT2D eigenvalue weighted by Gasteiger charge is 2.31. The molecule has 0 spiro atoms. The van der Waals surface area contributed by atoms with Gasteiger partial charge in [-0.1, -0.05) is 45.0 Å². The molecule has 0 N–H and O–H groups in total. The Morgan fingerprint density at radius 1 is 1.04 bits per heavy atom. The number of piperidine rings is 1. The van der Waals surface area contributed by atoms with Gasteiger partial charge in [0.1, 0.15) is 0 Å². The van der Waals surface area contributed by atoms with E-state index in [0.717, 1.165) is 24.9 Å². The molecule has 0 radical (unpaired) electrons. The lowest BCUT2D eigenvalue weighted by molar-refractivity contribution is -0.143. The highest BCUT2D eigenvalue weighted by atomic mass is 16.5. The zero-order valence-electron chi connectivity index (χ0n) is 17.3. The molecule has 1 aromatic rings. The van der Waals surface area contributed by atoms with Gasteiger partial charge >= 0.3 is 0 Å². The minimum absolute atomic E-state index is 0.0145. The fraction of sp³-hybridized carbons (Fsp3) is 0.565. The quantitative estimate of drug-likeness (QED) is 0.753. The molecule has 2 amide bonds. The molecule has 28 heavy (non-hydrogen) atoms. The Bertz CT molecular complexity index is 712. The number of amides is 2. The average Bonchev–Trinajstić information content (AvgIpc) is 2.72. The molecule has 2 fully saturated rings. The Labute approximate surface area is 168 Å². The number of morpholine rings is 1. The van der Waals surface area contributed by atoms with Crippen molar-refractivity contribution in [1.29, 1.82) is 0 Å². The van der Waals surface area contributed by atoms with Gasteiger partial charge in [-0.15, -0.1) is 0 Å². The SMILES string of the molecule is CC(C)(C)c1ccc(/C=C/C(=O)N2CCCC(C(=O)N3CCOCC3)C2)cc1. The van der Waals surface area contributed by atoms with Crippen molar-refractivity contribution >= 4 is 17.9 Å². The van der Waals surface area contributed by atoms with Gasteiger partial charge in [0.25, 0.3) is 0 Å². The van der Waals surface area contributed by atoms with Crippen LogP contribution in [0.4, 0.5) is 0 Å². The Morgan fingerprint density at radius 3 is 2.36 bits per heavy atom. The topological polar surface area (TPSA) is 49.9 Å². The summed E-state index contributed by atoms with van der Waals surface area (Å²) in [6.07, 6.45) is 5.23. The van der Waals surface area contributed by atoms with Crippen LogP contribution in [-0.2, 0) is 19.7 Å². The first-order valence-electron chi connectivity index (χ1n) is 10.3. The summed E-state index contributed by atoms with van der Waals surface area (Å²) in [5, 5.41) is 0. The first-order chi connectivity index (χ1) is 13.3. The molecule has 2 aliphatic rings. The summed E-state index contributed by atoms with van der Waals surface area (Å²) in [6.45, 7) is 10.3. The van der Waals surface area contributed by atoms with E-state index in [1.807, 2.05) is 28.0 Å². The summed E-state index contributed by atoms with van der Waals surface area (Å²) in [4.78, 5) is 29.1. The van der Waals surface area contributed by atoms with Gasteiger partial charge in [0, 0.05) is 32.3 Å². The van der Waals surface area contributed by atoms with Gasteiger partial charge in [-0.3, -0.25) is 9.59 Å². The summed E-state index contributed by atoms with van der Waals surface area (Å²) in [5.74, 6) is 0.0668. The third-order valence-electron chi connectivity index (χ3n) is 5.60. The third-order valence-corrected chi connectivity index (χ3v) is 5.60. The average molecular weight is 385 g/mol. The molecule has 152 valence electrons. The van der Waals surface area contributed by atoms with Crippen molar-refractivity contribution in [3.8, 4) is 0 Å². The van der Waals surface area contributed by atoms with Crippen LogP contribution in [0.5, 0.6) is 0 Å². The molecule has 2 aliphatic heterocycles. The molecule has 3 rings (SSSR count). The minimum atomic E-state index is -0.0877. The number of carbonyl (C=O) groups is 2. The Hall–Kier alpha value is -2.14. The van der Waals surface area contributed by atoms with Crippen LogP contribution in [0.15, 0.2) is 30.3 Å². The Morgan fingerprint density at radius 2 is 1.71 bits per heavy atom. The van der Waals surface area contributed by atoms with Crippen LogP contribution in [-0.4, -0.2) is 61.0 Å². The molecule has 1 atom stereocenters. The molecule has 0 bridgehead atoms. The number of ether oxygens (including phenoxy) is 1. The Kier molecular flexibility index (Phi) is 6.55. The normalized spacial score (nSPS) is 21.2. The van der Waals surface area contributed by atoms with Gasteiger partial charge in [0.2, 0.25) is 11.8 Å². The van der Waals surface area contributed by atoms with Gasteiger partial charge in [-0.25, -0.2) is 0 Å². The van der Waals surface area contributed by atoms with Crippen molar-refractivity contribution in [2.75, 3.05) is 39.4 Å². The van der Waals surface area contributed by atoms with Gasteiger partial charge < -0.3 is 14.5 Å². The molecule has 0 saturated carbocycles. The van der Waals surface area contributed by atoms with Crippen LogP contribution < -0.4 is 0 Å². The summed E-state index contributed by atoms with van der Waals surface area (Å²) < 4.78 is 5.33. The smallest absolute Gasteiger partial charge is 0.246 e. The van der Waals surface area contributed by atoms with E-state index >= 15 is 0 Å². The van der Waals surface area contributed by atoms with Crippen LogP contribution in [0, 0.1) is 5.92 Å². The monoisotopic (exact) mass is 384 g/mol. The molecular formula is C23H32N2O3. The fourth-order valence-electron chi connectivity index (χ4n) is 3.79. The third kappa shape index (κ3) is 5.22. The van der Waals surface area contributed by atoms with E-state index in [2.05, 4.69) is 32.9 Å². The zero-order valence-corrected chi connectivity index (χ0v) is 17.3.